The summed E-state index contributed by atoms with van der Waals surface area (Å²) in [6.45, 7) is 0. The molecule has 3 aromatic carbocycles. The second kappa shape index (κ2) is 5.90. The molecule has 112 valence electrons. The Balaban J connectivity index is 2.09. The molecule has 0 saturated heterocycles. The van der Waals surface area contributed by atoms with E-state index >= 15 is 0 Å². The zero-order valence-electron chi connectivity index (χ0n) is 12.8. The molecule has 1 heterocycles. The van der Waals surface area contributed by atoms with Crippen LogP contribution in [-0.4, -0.2) is 7.11 Å². The molecule has 0 spiro atoms. The number of rotatable bonds is 3. The molecule has 4 aromatic rings. The molecule has 4 rings (SSSR count). The van der Waals surface area contributed by atoms with Crippen molar-refractivity contribution in [3.63, 3.8) is 0 Å². The zero-order valence-corrected chi connectivity index (χ0v) is 13.6. The van der Waals surface area contributed by atoms with Crippen LogP contribution in [-0.2, 0) is 4.74 Å². The summed E-state index contributed by atoms with van der Waals surface area (Å²) in [5, 5.41) is 6.10. The van der Waals surface area contributed by atoms with E-state index < -0.39 is 0 Å². The fourth-order valence-electron chi connectivity index (χ4n) is 3.04. The van der Waals surface area contributed by atoms with Crippen molar-refractivity contribution in [2.75, 3.05) is 7.11 Å². The molecule has 0 N–H and O–H groups in total. The van der Waals surface area contributed by atoms with Gasteiger partial charge in [0.2, 0.25) is 0 Å². The quantitative estimate of drug-likeness (QED) is 0.401. The van der Waals surface area contributed by atoms with Gasteiger partial charge in [-0.1, -0.05) is 54.6 Å². The van der Waals surface area contributed by atoms with Crippen molar-refractivity contribution in [1.29, 1.82) is 0 Å². The van der Waals surface area contributed by atoms with Gasteiger partial charge in [-0.3, -0.25) is 0 Å². The molecule has 0 aliphatic carbocycles. The maximum atomic E-state index is 5.14. The van der Waals surface area contributed by atoms with E-state index in [0.717, 1.165) is 0 Å². The van der Waals surface area contributed by atoms with E-state index in [9.17, 15) is 0 Å². The summed E-state index contributed by atoms with van der Waals surface area (Å²) in [4.78, 5) is 0. The van der Waals surface area contributed by atoms with Gasteiger partial charge in [0, 0.05) is 15.6 Å². The number of methoxy groups -OCH3 is 1. The fraction of sp³-hybridized carbons (Fsp3) is 0.0476. The first-order valence-corrected chi connectivity index (χ1v) is 8.44. The maximum absolute atomic E-state index is 5.14. The number of fused-ring (bicyclic) bond motifs is 2. The van der Waals surface area contributed by atoms with Gasteiger partial charge in [-0.05, 0) is 39.4 Å². The van der Waals surface area contributed by atoms with Gasteiger partial charge < -0.3 is 4.74 Å². The second-order valence-electron chi connectivity index (χ2n) is 5.43. The van der Waals surface area contributed by atoms with Gasteiger partial charge in [0.25, 0.3) is 0 Å². The fourth-order valence-corrected chi connectivity index (χ4v) is 3.99. The minimum absolute atomic E-state index is 1.18. The van der Waals surface area contributed by atoms with Crippen molar-refractivity contribution in [3.8, 4) is 11.1 Å². The number of ether oxygens (including phenoxy) is 1. The highest BCUT2D eigenvalue weighted by Crippen LogP contribution is 2.40. The molecule has 0 atom stereocenters. The van der Waals surface area contributed by atoms with Crippen LogP contribution in [0.1, 0.15) is 5.56 Å². The van der Waals surface area contributed by atoms with Crippen LogP contribution in [0.5, 0.6) is 0 Å². The molecule has 0 unspecified atom stereocenters. The summed E-state index contributed by atoms with van der Waals surface area (Å²) in [5.74, 6) is 0. The summed E-state index contributed by atoms with van der Waals surface area (Å²) in [6, 6.07) is 21.5. The first-order chi connectivity index (χ1) is 11.4. The molecule has 0 saturated carbocycles. The van der Waals surface area contributed by atoms with Crippen molar-refractivity contribution < 1.29 is 4.74 Å². The number of hydrogen-bond acceptors (Lipinski definition) is 2. The van der Waals surface area contributed by atoms with Gasteiger partial charge in [0.15, 0.2) is 0 Å². The third kappa shape index (κ3) is 2.41. The van der Waals surface area contributed by atoms with E-state index in [2.05, 4.69) is 66.0 Å². The van der Waals surface area contributed by atoms with E-state index in [-0.39, 0.29) is 0 Å². The Morgan fingerprint density at radius 1 is 0.870 bits per heavy atom. The lowest BCUT2D eigenvalue weighted by Crippen LogP contribution is -1.86. The van der Waals surface area contributed by atoms with E-state index in [1.165, 1.54) is 37.5 Å². The summed E-state index contributed by atoms with van der Waals surface area (Å²) in [6.07, 6.45) is 3.77. The van der Waals surface area contributed by atoms with Gasteiger partial charge >= 0.3 is 0 Å². The molecule has 2 heteroatoms. The van der Waals surface area contributed by atoms with E-state index in [4.69, 9.17) is 4.74 Å². The Morgan fingerprint density at radius 2 is 1.65 bits per heavy atom. The van der Waals surface area contributed by atoms with Crippen LogP contribution in [0.2, 0.25) is 0 Å². The molecule has 1 aromatic heterocycles. The Labute approximate surface area is 139 Å². The smallest absolute Gasteiger partial charge is 0.0830 e. The predicted octanol–water partition coefficient (Wildman–Crippen LogP) is 6.34. The Kier molecular flexibility index (Phi) is 3.60. The molecule has 0 aliphatic heterocycles. The van der Waals surface area contributed by atoms with E-state index in [1.54, 1.807) is 24.7 Å². The zero-order chi connectivity index (χ0) is 15.6. The molecule has 1 nitrogen and oxygen atoms in total. The number of benzene rings is 3. The van der Waals surface area contributed by atoms with Crippen LogP contribution in [0.25, 0.3) is 38.1 Å². The standard InChI is InChI=1S/C21H16OS/c1-22-13-12-16-11-10-15-6-2-3-7-17(15)21(16)19-14-23-20-9-5-4-8-18(19)20/h2-14H,1H3/b13-12+. The van der Waals surface area contributed by atoms with Crippen LogP contribution in [0.15, 0.2) is 72.3 Å². The van der Waals surface area contributed by atoms with E-state index in [0.29, 0.717) is 0 Å². The molecule has 0 bridgehead atoms. The third-order valence-electron chi connectivity index (χ3n) is 4.10. The first kappa shape index (κ1) is 14.0. The summed E-state index contributed by atoms with van der Waals surface area (Å²) in [7, 11) is 1.68. The normalized spacial score (nSPS) is 11.5. The Hall–Kier alpha value is -2.58. The van der Waals surface area contributed by atoms with Crippen LogP contribution < -0.4 is 0 Å². The second-order valence-corrected chi connectivity index (χ2v) is 6.35. The molecular formula is C21H16OS. The van der Waals surface area contributed by atoms with Crippen LogP contribution in [0.3, 0.4) is 0 Å². The molecule has 23 heavy (non-hydrogen) atoms. The monoisotopic (exact) mass is 316 g/mol. The van der Waals surface area contributed by atoms with Gasteiger partial charge in [0.1, 0.15) is 0 Å². The first-order valence-electron chi connectivity index (χ1n) is 7.56. The summed E-state index contributed by atoms with van der Waals surface area (Å²) >= 11 is 1.79. The van der Waals surface area contributed by atoms with Crippen LogP contribution >= 0.6 is 11.3 Å². The maximum Gasteiger partial charge on any atom is 0.0830 e. The lowest BCUT2D eigenvalue weighted by atomic mass is 9.93. The largest absolute Gasteiger partial charge is 0.504 e. The minimum Gasteiger partial charge on any atom is -0.504 e. The third-order valence-corrected chi connectivity index (χ3v) is 5.06. The highest BCUT2D eigenvalue weighted by Gasteiger charge is 2.12. The van der Waals surface area contributed by atoms with Crippen molar-refractivity contribution in [1.82, 2.24) is 0 Å². The van der Waals surface area contributed by atoms with Crippen LogP contribution in [0.4, 0.5) is 0 Å². The number of thiophene rings is 1. The van der Waals surface area contributed by atoms with Crippen molar-refractivity contribution in [2.45, 2.75) is 0 Å². The van der Waals surface area contributed by atoms with Gasteiger partial charge in [0.05, 0.1) is 13.4 Å². The highest BCUT2D eigenvalue weighted by molar-refractivity contribution is 7.17. The van der Waals surface area contributed by atoms with Gasteiger partial charge in [-0.15, -0.1) is 11.3 Å². The SMILES string of the molecule is CO/C=C/c1ccc2ccccc2c1-c1csc2ccccc12. The Bertz CT molecular complexity index is 1010. The van der Waals surface area contributed by atoms with Crippen molar-refractivity contribution >= 4 is 38.3 Å². The molecule has 0 radical (unpaired) electrons. The van der Waals surface area contributed by atoms with Gasteiger partial charge in [-0.25, -0.2) is 0 Å². The molecular weight excluding hydrogens is 300 g/mol. The Morgan fingerprint density at radius 3 is 2.52 bits per heavy atom. The molecule has 0 aliphatic rings. The molecule has 0 fully saturated rings. The van der Waals surface area contributed by atoms with E-state index in [1.807, 2.05) is 6.08 Å². The van der Waals surface area contributed by atoms with Crippen molar-refractivity contribution in [2.24, 2.45) is 0 Å². The average Bonchev–Trinajstić information content (AvgIpc) is 3.03. The van der Waals surface area contributed by atoms with Crippen LogP contribution in [0, 0.1) is 0 Å². The predicted molar refractivity (Wildman–Crippen MR) is 101 cm³/mol. The van der Waals surface area contributed by atoms with Gasteiger partial charge in [-0.2, -0.15) is 0 Å². The lowest BCUT2D eigenvalue weighted by Gasteiger charge is -2.10. The molecule has 0 amide bonds. The minimum atomic E-state index is 1.18. The number of hydrogen-bond donors (Lipinski definition) is 0. The summed E-state index contributed by atoms with van der Waals surface area (Å²) in [5.41, 5.74) is 3.74. The average molecular weight is 316 g/mol. The highest BCUT2D eigenvalue weighted by atomic mass is 32.1. The lowest BCUT2D eigenvalue weighted by molar-refractivity contribution is 0.341. The summed E-state index contributed by atoms with van der Waals surface area (Å²) < 4.78 is 6.46. The van der Waals surface area contributed by atoms with Crippen molar-refractivity contribution in [3.05, 3.63) is 77.9 Å². The topological polar surface area (TPSA) is 9.23 Å².